The molecule has 13 heavy (non-hydrogen) atoms. The number of rotatable bonds is 4. The predicted octanol–water partition coefficient (Wildman–Crippen LogP) is -0.567. The molecule has 5 heteroatoms. The van der Waals surface area contributed by atoms with Crippen molar-refractivity contribution >= 4 is 5.91 Å². The molecule has 1 heterocycles. The fourth-order valence-electron chi connectivity index (χ4n) is 1.15. The second kappa shape index (κ2) is 5.90. The zero-order valence-electron chi connectivity index (χ0n) is 7.84. The van der Waals surface area contributed by atoms with Gasteiger partial charge in [-0.2, -0.15) is 0 Å². The second-order valence-corrected chi connectivity index (χ2v) is 2.86. The van der Waals surface area contributed by atoms with E-state index >= 15 is 0 Å². The maximum absolute atomic E-state index is 11.1. The Morgan fingerprint density at radius 2 is 2.62 bits per heavy atom. The molecule has 0 spiro atoms. The standard InChI is InChI=1S/C8H16N2O3/c1-2-13-10-8(11)5-7-6-9-3-4-12-7/h7,9H,2-6H2,1H3,(H,10,11). The summed E-state index contributed by atoms with van der Waals surface area (Å²) >= 11 is 0. The SMILES string of the molecule is CCONC(=O)CC1CNCCO1. The monoisotopic (exact) mass is 188 g/mol. The van der Waals surface area contributed by atoms with Gasteiger partial charge in [0.25, 0.3) is 0 Å². The normalized spacial score (nSPS) is 22.7. The molecule has 2 N–H and O–H groups in total. The summed E-state index contributed by atoms with van der Waals surface area (Å²) < 4.78 is 5.35. The molecule has 0 aromatic rings. The van der Waals surface area contributed by atoms with Crippen molar-refractivity contribution in [2.75, 3.05) is 26.3 Å². The first-order valence-electron chi connectivity index (χ1n) is 4.56. The molecule has 5 nitrogen and oxygen atoms in total. The lowest BCUT2D eigenvalue weighted by Crippen LogP contribution is -2.41. The molecular formula is C8H16N2O3. The van der Waals surface area contributed by atoms with Crippen LogP contribution in [0.1, 0.15) is 13.3 Å². The summed E-state index contributed by atoms with van der Waals surface area (Å²) in [5, 5.41) is 3.15. The minimum atomic E-state index is -0.129. The van der Waals surface area contributed by atoms with Crippen LogP contribution in [0.3, 0.4) is 0 Å². The van der Waals surface area contributed by atoms with Crippen molar-refractivity contribution in [3.8, 4) is 0 Å². The fourth-order valence-corrected chi connectivity index (χ4v) is 1.15. The summed E-state index contributed by atoms with van der Waals surface area (Å²) in [6.45, 7) is 4.57. The third kappa shape index (κ3) is 4.21. The third-order valence-electron chi connectivity index (χ3n) is 1.75. The zero-order valence-corrected chi connectivity index (χ0v) is 7.84. The molecule has 1 fully saturated rings. The Hall–Kier alpha value is -0.650. The molecule has 76 valence electrons. The summed E-state index contributed by atoms with van der Waals surface area (Å²) in [6.07, 6.45) is 0.335. The highest BCUT2D eigenvalue weighted by molar-refractivity contribution is 5.75. The van der Waals surface area contributed by atoms with E-state index in [2.05, 4.69) is 10.8 Å². The minimum Gasteiger partial charge on any atom is -0.375 e. The van der Waals surface area contributed by atoms with Gasteiger partial charge in [-0.05, 0) is 6.92 Å². The number of amides is 1. The minimum absolute atomic E-state index is 0.0193. The second-order valence-electron chi connectivity index (χ2n) is 2.86. The molecule has 1 amide bonds. The average Bonchev–Trinajstić information content (AvgIpc) is 2.16. The predicted molar refractivity (Wildman–Crippen MR) is 47.0 cm³/mol. The van der Waals surface area contributed by atoms with E-state index in [-0.39, 0.29) is 12.0 Å². The lowest BCUT2D eigenvalue weighted by Gasteiger charge is -2.22. The summed E-state index contributed by atoms with van der Waals surface area (Å²) in [7, 11) is 0. The Kier molecular flexibility index (Phi) is 4.74. The maximum Gasteiger partial charge on any atom is 0.246 e. The van der Waals surface area contributed by atoms with Crippen molar-refractivity contribution in [2.45, 2.75) is 19.4 Å². The average molecular weight is 188 g/mol. The summed E-state index contributed by atoms with van der Waals surface area (Å²) in [5.74, 6) is -0.129. The molecule has 0 aromatic heterocycles. The number of ether oxygens (including phenoxy) is 1. The van der Waals surface area contributed by atoms with Gasteiger partial charge < -0.3 is 10.1 Å². The van der Waals surface area contributed by atoms with Gasteiger partial charge in [-0.1, -0.05) is 0 Å². The first-order valence-corrected chi connectivity index (χ1v) is 4.56. The van der Waals surface area contributed by atoms with Crippen LogP contribution in [-0.2, 0) is 14.4 Å². The van der Waals surface area contributed by atoms with E-state index in [0.717, 1.165) is 13.1 Å². The van der Waals surface area contributed by atoms with Crippen LogP contribution < -0.4 is 10.8 Å². The van der Waals surface area contributed by atoms with Crippen LogP contribution in [0.15, 0.2) is 0 Å². The molecule has 0 aliphatic carbocycles. The highest BCUT2D eigenvalue weighted by Crippen LogP contribution is 2.00. The van der Waals surface area contributed by atoms with Crippen molar-refractivity contribution in [3.05, 3.63) is 0 Å². The third-order valence-corrected chi connectivity index (χ3v) is 1.75. The van der Waals surface area contributed by atoms with Gasteiger partial charge in [0, 0.05) is 13.1 Å². The molecule has 1 aliphatic rings. The first-order chi connectivity index (χ1) is 6.33. The van der Waals surface area contributed by atoms with Crippen molar-refractivity contribution in [2.24, 2.45) is 0 Å². The Morgan fingerprint density at radius 1 is 1.77 bits per heavy atom. The van der Waals surface area contributed by atoms with Crippen LogP contribution >= 0.6 is 0 Å². The highest BCUT2D eigenvalue weighted by Gasteiger charge is 2.16. The van der Waals surface area contributed by atoms with Gasteiger partial charge in [0.1, 0.15) is 0 Å². The van der Waals surface area contributed by atoms with Gasteiger partial charge in [-0.3, -0.25) is 9.63 Å². The topological polar surface area (TPSA) is 59.6 Å². The van der Waals surface area contributed by atoms with Crippen molar-refractivity contribution < 1.29 is 14.4 Å². The Morgan fingerprint density at radius 3 is 3.23 bits per heavy atom. The quantitative estimate of drug-likeness (QED) is 0.580. The largest absolute Gasteiger partial charge is 0.375 e. The highest BCUT2D eigenvalue weighted by atomic mass is 16.6. The van der Waals surface area contributed by atoms with E-state index in [1.54, 1.807) is 0 Å². The zero-order chi connectivity index (χ0) is 9.52. The van der Waals surface area contributed by atoms with Gasteiger partial charge in [-0.25, -0.2) is 5.48 Å². The molecule has 1 saturated heterocycles. The van der Waals surface area contributed by atoms with Crippen LogP contribution in [0, 0.1) is 0 Å². The van der Waals surface area contributed by atoms with Crippen LogP contribution in [0.4, 0.5) is 0 Å². The van der Waals surface area contributed by atoms with Crippen molar-refractivity contribution in [3.63, 3.8) is 0 Å². The molecule has 0 aromatic carbocycles. The van der Waals surface area contributed by atoms with Gasteiger partial charge in [0.15, 0.2) is 0 Å². The molecule has 1 aliphatic heterocycles. The Bertz CT molecular complexity index is 157. The molecule has 0 bridgehead atoms. The van der Waals surface area contributed by atoms with Crippen molar-refractivity contribution in [1.29, 1.82) is 0 Å². The molecular weight excluding hydrogens is 172 g/mol. The van der Waals surface area contributed by atoms with Crippen LogP contribution in [0.2, 0.25) is 0 Å². The van der Waals surface area contributed by atoms with E-state index < -0.39 is 0 Å². The van der Waals surface area contributed by atoms with Gasteiger partial charge >= 0.3 is 0 Å². The lowest BCUT2D eigenvalue weighted by atomic mass is 10.2. The fraction of sp³-hybridized carbons (Fsp3) is 0.875. The van der Waals surface area contributed by atoms with E-state index in [4.69, 9.17) is 9.57 Å². The maximum atomic E-state index is 11.1. The summed E-state index contributed by atoms with van der Waals surface area (Å²) in [5.41, 5.74) is 2.33. The van der Waals surface area contributed by atoms with E-state index in [1.807, 2.05) is 6.92 Å². The molecule has 1 atom stereocenters. The van der Waals surface area contributed by atoms with Crippen LogP contribution in [-0.4, -0.2) is 38.3 Å². The molecule has 1 rings (SSSR count). The first kappa shape index (κ1) is 10.4. The van der Waals surface area contributed by atoms with Crippen LogP contribution in [0.5, 0.6) is 0 Å². The number of hydroxylamine groups is 1. The molecule has 0 radical (unpaired) electrons. The van der Waals surface area contributed by atoms with E-state index in [0.29, 0.717) is 19.6 Å². The number of hydrogen-bond donors (Lipinski definition) is 2. The van der Waals surface area contributed by atoms with Gasteiger partial charge in [-0.15, -0.1) is 0 Å². The number of carbonyl (C=O) groups excluding carboxylic acids is 1. The number of hydrogen-bond acceptors (Lipinski definition) is 4. The molecule has 0 saturated carbocycles. The lowest BCUT2D eigenvalue weighted by molar-refractivity contribution is -0.136. The molecule has 1 unspecified atom stereocenters. The Labute approximate surface area is 77.7 Å². The van der Waals surface area contributed by atoms with E-state index in [9.17, 15) is 4.79 Å². The smallest absolute Gasteiger partial charge is 0.246 e. The van der Waals surface area contributed by atoms with Crippen molar-refractivity contribution in [1.82, 2.24) is 10.8 Å². The Balaban J connectivity index is 2.11. The van der Waals surface area contributed by atoms with E-state index in [1.165, 1.54) is 0 Å². The summed E-state index contributed by atoms with van der Waals surface area (Å²) in [4.78, 5) is 15.9. The summed E-state index contributed by atoms with van der Waals surface area (Å²) in [6, 6.07) is 0. The number of carbonyl (C=O) groups is 1. The van der Waals surface area contributed by atoms with Gasteiger partial charge in [0.2, 0.25) is 5.91 Å². The van der Waals surface area contributed by atoms with Gasteiger partial charge in [0.05, 0.1) is 25.7 Å². The number of nitrogens with one attached hydrogen (secondary N) is 2. The van der Waals surface area contributed by atoms with Crippen LogP contribution in [0.25, 0.3) is 0 Å². The number of morpholine rings is 1.